The fraction of sp³-hybridized carbons (Fsp3) is 0.520. The molecule has 1 saturated heterocycles. The highest BCUT2D eigenvalue weighted by Gasteiger charge is 2.33. The van der Waals surface area contributed by atoms with Gasteiger partial charge in [0.15, 0.2) is 0 Å². The van der Waals surface area contributed by atoms with Crippen LogP contribution in [0.15, 0.2) is 42.5 Å². The first-order valence-corrected chi connectivity index (χ1v) is 10.8. The van der Waals surface area contributed by atoms with Crippen molar-refractivity contribution in [2.24, 2.45) is 0 Å². The molecule has 1 aliphatic carbocycles. The van der Waals surface area contributed by atoms with Crippen LogP contribution in [0.1, 0.15) is 72.4 Å². The molecule has 4 rings (SSSR count). The van der Waals surface area contributed by atoms with Crippen molar-refractivity contribution < 1.29 is 20.1 Å². The summed E-state index contributed by atoms with van der Waals surface area (Å²) in [6, 6.07) is 14.7. The highest BCUT2D eigenvalue weighted by atomic mass is 16.5. The molecule has 0 spiro atoms. The molecule has 1 saturated carbocycles. The van der Waals surface area contributed by atoms with Crippen LogP contribution >= 0.6 is 0 Å². The summed E-state index contributed by atoms with van der Waals surface area (Å²) in [5.41, 5.74) is 5.12. The lowest BCUT2D eigenvalue weighted by Crippen LogP contribution is -2.33. The quantitative estimate of drug-likeness (QED) is 0.716. The standard InChI is InChI=1S/C25H32O4/c1-17-4-7-19(24-15-22(27)14-23(16-26)29-24)13-20(17)12-18-5-8-21(9-6-18)25(28)10-2-3-11-25/h4-9,13,22-24,26-28H,2-3,10-12,14-16H2,1H3/t22-,23-,24+/m0/s1. The summed E-state index contributed by atoms with van der Waals surface area (Å²) < 4.78 is 5.98. The Morgan fingerprint density at radius 3 is 2.45 bits per heavy atom. The zero-order valence-corrected chi connectivity index (χ0v) is 17.2. The summed E-state index contributed by atoms with van der Waals surface area (Å²) in [6.07, 6.45) is 4.85. The zero-order valence-electron chi connectivity index (χ0n) is 17.2. The van der Waals surface area contributed by atoms with Crippen LogP contribution < -0.4 is 0 Å². The summed E-state index contributed by atoms with van der Waals surface area (Å²) in [4.78, 5) is 0. The molecule has 0 amide bonds. The molecule has 156 valence electrons. The van der Waals surface area contributed by atoms with Gasteiger partial charge in [-0.05, 0) is 54.0 Å². The van der Waals surface area contributed by atoms with E-state index in [4.69, 9.17) is 4.74 Å². The Balaban J connectivity index is 1.51. The number of rotatable bonds is 5. The van der Waals surface area contributed by atoms with E-state index in [-0.39, 0.29) is 18.8 Å². The minimum Gasteiger partial charge on any atom is -0.394 e. The third kappa shape index (κ3) is 4.56. The molecule has 2 aliphatic rings. The predicted octanol–water partition coefficient (Wildman–Crippen LogP) is 3.92. The van der Waals surface area contributed by atoms with Crippen molar-refractivity contribution in [2.75, 3.05) is 6.61 Å². The van der Waals surface area contributed by atoms with Gasteiger partial charge in [0.05, 0.1) is 30.5 Å². The lowest BCUT2D eigenvalue weighted by molar-refractivity contribution is -0.113. The molecule has 1 aliphatic heterocycles. The monoisotopic (exact) mass is 396 g/mol. The van der Waals surface area contributed by atoms with Crippen LogP contribution in [0, 0.1) is 6.92 Å². The Morgan fingerprint density at radius 1 is 1.03 bits per heavy atom. The normalized spacial score (nSPS) is 26.6. The van der Waals surface area contributed by atoms with Gasteiger partial charge in [0.25, 0.3) is 0 Å². The predicted molar refractivity (Wildman–Crippen MR) is 113 cm³/mol. The van der Waals surface area contributed by atoms with Gasteiger partial charge in [-0.25, -0.2) is 0 Å². The SMILES string of the molecule is Cc1ccc([C@H]2C[C@@H](O)C[C@@H](CO)O2)cc1Cc1ccc(C2(O)CCCC2)cc1. The Morgan fingerprint density at radius 2 is 1.76 bits per heavy atom. The number of benzene rings is 2. The second-order valence-electron chi connectivity index (χ2n) is 8.85. The Labute approximate surface area is 173 Å². The van der Waals surface area contributed by atoms with E-state index >= 15 is 0 Å². The van der Waals surface area contributed by atoms with Gasteiger partial charge in [-0.3, -0.25) is 0 Å². The van der Waals surface area contributed by atoms with E-state index in [0.29, 0.717) is 12.8 Å². The van der Waals surface area contributed by atoms with Crippen LogP contribution in [0.25, 0.3) is 0 Å². The summed E-state index contributed by atoms with van der Waals surface area (Å²) in [5.74, 6) is 0. The van der Waals surface area contributed by atoms with Crippen LogP contribution in [0.4, 0.5) is 0 Å². The largest absolute Gasteiger partial charge is 0.394 e. The highest BCUT2D eigenvalue weighted by Crippen LogP contribution is 2.38. The first-order valence-electron chi connectivity index (χ1n) is 10.8. The molecule has 2 aromatic carbocycles. The summed E-state index contributed by atoms with van der Waals surface area (Å²) >= 11 is 0. The lowest BCUT2D eigenvalue weighted by Gasteiger charge is -2.32. The van der Waals surface area contributed by atoms with Crippen molar-refractivity contribution in [2.45, 2.75) is 75.8 Å². The Bertz CT molecular complexity index is 823. The van der Waals surface area contributed by atoms with Gasteiger partial charge in [-0.1, -0.05) is 55.3 Å². The molecule has 2 aromatic rings. The van der Waals surface area contributed by atoms with Crippen LogP contribution in [-0.2, 0) is 16.8 Å². The van der Waals surface area contributed by atoms with Crippen LogP contribution in [0.5, 0.6) is 0 Å². The molecule has 3 N–H and O–H groups in total. The first-order chi connectivity index (χ1) is 14.0. The van der Waals surface area contributed by atoms with Crippen molar-refractivity contribution >= 4 is 0 Å². The van der Waals surface area contributed by atoms with Gasteiger partial charge in [0.2, 0.25) is 0 Å². The van der Waals surface area contributed by atoms with E-state index < -0.39 is 11.7 Å². The number of hydrogen-bond donors (Lipinski definition) is 3. The van der Waals surface area contributed by atoms with Gasteiger partial charge in [0.1, 0.15) is 0 Å². The molecule has 0 unspecified atom stereocenters. The number of ether oxygens (including phenoxy) is 1. The molecule has 0 aromatic heterocycles. The van der Waals surface area contributed by atoms with Crippen LogP contribution in [0.2, 0.25) is 0 Å². The molecule has 1 heterocycles. The number of aliphatic hydroxyl groups is 3. The minimum atomic E-state index is -0.642. The van der Waals surface area contributed by atoms with Gasteiger partial charge in [-0.15, -0.1) is 0 Å². The van der Waals surface area contributed by atoms with E-state index in [1.54, 1.807) is 0 Å². The molecule has 29 heavy (non-hydrogen) atoms. The van der Waals surface area contributed by atoms with Crippen LogP contribution in [0.3, 0.4) is 0 Å². The fourth-order valence-electron chi connectivity index (χ4n) is 4.81. The molecular formula is C25H32O4. The van der Waals surface area contributed by atoms with E-state index in [2.05, 4.69) is 49.4 Å². The molecule has 0 radical (unpaired) electrons. The van der Waals surface area contributed by atoms with Crippen LogP contribution in [-0.4, -0.2) is 34.1 Å². The van der Waals surface area contributed by atoms with Crippen molar-refractivity contribution in [1.82, 2.24) is 0 Å². The van der Waals surface area contributed by atoms with Gasteiger partial charge >= 0.3 is 0 Å². The summed E-state index contributed by atoms with van der Waals surface area (Å²) in [6.45, 7) is 2.05. The second kappa shape index (κ2) is 8.57. The van der Waals surface area contributed by atoms with E-state index in [1.807, 2.05) is 0 Å². The lowest BCUT2D eigenvalue weighted by atomic mass is 9.89. The van der Waals surface area contributed by atoms with Gasteiger partial charge in [0, 0.05) is 12.8 Å². The average molecular weight is 397 g/mol. The zero-order chi connectivity index (χ0) is 20.4. The van der Waals surface area contributed by atoms with Gasteiger partial charge in [-0.2, -0.15) is 0 Å². The molecule has 0 bridgehead atoms. The van der Waals surface area contributed by atoms with E-state index in [9.17, 15) is 15.3 Å². The maximum absolute atomic E-state index is 10.8. The molecule has 3 atom stereocenters. The molecular weight excluding hydrogens is 364 g/mol. The summed E-state index contributed by atoms with van der Waals surface area (Å²) in [5, 5.41) is 30.3. The second-order valence-corrected chi connectivity index (χ2v) is 8.85. The van der Waals surface area contributed by atoms with E-state index in [1.165, 1.54) is 16.7 Å². The molecule has 4 nitrogen and oxygen atoms in total. The maximum atomic E-state index is 10.8. The van der Waals surface area contributed by atoms with Gasteiger partial charge < -0.3 is 20.1 Å². The van der Waals surface area contributed by atoms with E-state index in [0.717, 1.165) is 43.2 Å². The van der Waals surface area contributed by atoms with Crippen molar-refractivity contribution in [1.29, 1.82) is 0 Å². The fourth-order valence-corrected chi connectivity index (χ4v) is 4.81. The Hall–Kier alpha value is -1.72. The maximum Gasteiger partial charge on any atom is 0.0896 e. The minimum absolute atomic E-state index is 0.0645. The highest BCUT2D eigenvalue weighted by molar-refractivity contribution is 5.38. The summed E-state index contributed by atoms with van der Waals surface area (Å²) in [7, 11) is 0. The average Bonchev–Trinajstić information content (AvgIpc) is 3.17. The number of hydrogen-bond acceptors (Lipinski definition) is 4. The third-order valence-corrected chi connectivity index (χ3v) is 6.64. The smallest absolute Gasteiger partial charge is 0.0896 e. The number of aryl methyl sites for hydroxylation is 1. The Kier molecular flexibility index (Phi) is 6.07. The molecule has 2 fully saturated rings. The third-order valence-electron chi connectivity index (χ3n) is 6.64. The van der Waals surface area contributed by atoms with Crippen molar-refractivity contribution in [3.05, 3.63) is 70.3 Å². The first kappa shape index (κ1) is 20.5. The van der Waals surface area contributed by atoms with Crippen molar-refractivity contribution in [3.63, 3.8) is 0 Å². The number of aliphatic hydroxyl groups excluding tert-OH is 2. The van der Waals surface area contributed by atoms with Crippen molar-refractivity contribution in [3.8, 4) is 0 Å². The molecule has 4 heteroatoms. The topological polar surface area (TPSA) is 69.9 Å².